The number of ether oxygens (including phenoxy) is 5. The Hall–Kier alpha value is -2.77. The van der Waals surface area contributed by atoms with Crippen LogP contribution in [0.1, 0.15) is 42.4 Å². The molecule has 7 heteroatoms. The summed E-state index contributed by atoms with van der Waals surface area (Å²) in [6.45, 7) is 5.15. The third-order valence-electron chi connectivity index (χ3n) is 6.52. The Kier molecular flexibility index (Phi) is 6.81. The van der Waals surface area contributed by atoms with Crippen LogP contribution in [0.5, 0.6) is 17.2 Å². The molecular formula is C26H32O7. The summed E-state index contributed by atoms with van der Waals surface area (Å²) in [5, 5.41) is 9.88. The van der Waals surface area contributed by atoms with Crippen molar-refractivity contribution in [2.45, 2.75) is 57.8 Å². The lowest BCUT2D eigenvalue weighted by Gasteiger charge is -2.33. The molecule has 1 N–H and O–H groups in total. The van der Waals surface area contributed by atoms with Gasteiger partial charge in [0.1, 0.15) is 17.2 Å². The van der Waals surface area contributed by atoms with Crippen molar-refractivity contribution in [2.24, 2.45) is 0 Å². The third kappa shape index (κ3) is 4.80. The normalized spacial score (nSPS) is 17.5. The first-order chi connectivity index (χ1) is 15.9. The summed E-state index contributed by atoms with van der Waals surface area (Å²) in [6, 6.07) is 7.71. The van der Waals surface area contributed by atoms with Gasteiger partial charge in [0.05, 0.1) is 40.1 Å². The van der Waals surface area contributed by atoms with E-state index in [-0.39, 0.29) is 6.10 Å². The van der Waals surface area contributed by atoms with Gasteiger partial charge in [-0.15, -0.1) is 0 Å². The van der Waals surface area contributed by atoms with E-state index in [2.05, 4.69) is 0 Å². The number of hydrogen-bond acceptors (Lipinski definition) is 6. The summed E-state index contributed by atoms with van der Waals surface area (Å²) in [7, 11) is 3.31. The van der Waals surface area contributed by atoms with Gasteiger partial charge >= 0.3 is 5.97 Å². The largest absolute Gasteiger partial charge is 0.496 e. The van der Waals surface area contributed by atoms with Gasteiger partial charge in [0.25, 0.3) is 0 Å². The van der Waals surface area contributed by atoms with Crippen molar-refractivity contribution in [3.8, 4) is 28.4 Å². The number of aliphatic carboxylic acids is 1. The smallest absolute Gasteiger partial charge is 0.348 e. The van der Waals surface area contributed by atoms with Crippen LogP contribution in [0.25, 0.3) is 11.1 Å². The molecule has 0 spiro atoms. The Bertz CT molecular complexity index is 1020. The van der Waals surface area contributed by atoms with Crippen molar-refractivity contribution < 1.29 is 33.6 Å². The molecule has 33 heavy (non-hydrogen) atoms. The second kappa shape index (κ2) is 9.61. The van der Waals surface area contributed by atoms with Crippen LogP contribution in [0.15, 0.2) is 24.3 Å². The summed E-state index contributed by atoms with van der Waals surface area (Å²) in [4.78, 5) is 12.1. The SMILES string of the molecule is COc1cc(-c2ccc(OC3(C(=O)O)CCOCC3)cc2COC2CC2)c(C)c(OC)c1C. The molecule has 0 aromatic heterocycles. The van der Waals surface area contributed by atoms with Crippen LogP contribution in [0.4, 0.5) is 0 Å². The van der Waals surface area contributed by atoms with Gasteiger partial charge in [-0.05, 0) is 67.1 Å². The number of rotatable bonds is 9. The third-order valence-corrected chi connectivity index (χ3v) is 6.52. The average Bonchev–Trinajstić information content (AvgIpc) is 3.64. The zero-order valence-corrected chi connectivity index (χ0v) is 19.7. The highest BCUT2D eigenvalue weighted by Gasteiger charge is 2.43. The van der Waals surface area contributed by atoms with Crippen LogP contribution in [0, 0.1) is 13.8 Å². The van der Waals surface area contributed by atoms with Crippen molar-refractivity contribution in [3.05, 3.63) is 41.0 Å². The molecule has 178 valence electrons. The molecule has 4 rings (SSSR count). The van der Waals surface area contributed by atoms with Crippen LogP contribution in [0.2, 0.25) is 0 Å². The first kappa shape index (κ1) is 23.4. The minimum absolute atomic E-state index is 0.284. The van der Waals surface area contributed by atoms with Crippen molar-refractivity contribution in [2.75, 3.05) is 27.4 Å². The fourth-order valence-electron chi connectivity index (χ4n) is 4.41. The molecule has 0 bridgehead atoms. The highest BCUT2D eigenvalue weighted by atomic mass is 16.5. The van der Waals surface area contributed by atoms with Crippen LogP contribution in [0.3, 0.4) is 0 Å². The summed E-state index contributed by atoms with van der Waals surface area (Å²) in [6.07, 6.45) is 3.04. The molecule has 2 fully saturated rings. The molecule has 1 saturated heterocycles. The fraction of sp³-hybridized carbons (Fsp3) is 0.500. The van der Waals surface area contributed by atoms with Crippen molar-refractivity contribution in [3.63, 3.8) is 0 Å². The van der Waals surface area contributed by atoms with Crippen molar-refractivity contribution in [1.29, 1.82) is 0 Å². The number of benzene rings is 2. The average molecular weight is 457 g/mol. The Morgan fingerprint density at radius 3 is 2.39 bits per heavy atom. The van der Waals surface area contributed by atoms with Gasteiger partial charge in [-0.25, -0.2) is 4.79 Å². The Morgan fingerprint density at radius 1 is 1.06 bits per heavy atom. The van der Waals surface area contributed by atoms with Gasteiger partial charge in [-0.2, -0.15) is 0 Å². The van der Waals surface area contributed by atoms with Gasteiger partial charge < -0.3 is 28.8 Å². The molecule has 2 aromatic carbocycles. The molecule has 7 nitrogen and oxygen atoms in total. The highest BCUT2D eigenvalue weighted by Crippen LogP contribution is 2.41. The van der Waals surface area contributed by atoms with Gasteiger partial charge in [0, 0.05) is 18.4 Å². The first-order valence-corrected chi connectivity index (χ1v) is 11.4. The summed E-state index contributed by atoms with van der Waals surface area (Å²) >= 11 is 0. The van der Waals surface area contributed by atoms with E-state index in [1.165, 1.54) is 0 Å². The van der Waals surface area contributed by atoms with Crippen LogP contribution >= 0.6 is 0 Å². The highest BCUT2D eigenvalue weighted by molar-refractivity contribution is 5.79. The lowest BCUT2D eigenvalue weighted by atomic mass is 9.92. The zero-order chi connectivity index (χ0) is 23.6. The Morgan fingerprint density at radius 2 is 1.79 bits per heavy atom. The predicted octanol–water partition coefficient (Wildman–Crippen LogP) is 4.68. The lowest BCUT2D eigenvalue weighted by Crippen LogP contribution is -2.49. The van der Waals surface area contributed by atoms with Gasteiger partial charge in [-0.1, -0.05) is 6.07 Å². The molecule has 0 radical (unpaired) electrons. The quantitative estimate of drug-likeness (QED) is 0.587. The Balaban J connectivity index is 1.75. The standard InChI is InChI=1S/C26H32O7/c1-16-22(14-23(29-3)17(2)24(16)30-4)21-8-7-20(13-18(21)15-32-19-5-6-19)33-26(25(27)28)9-11-31-12-10-26/h7-8,13-14,19H,5-6,9-12,15H2,1-4H3,(H,27,28). The van der Waals surface area contributed by atoms with E-state index < -0.39 is 11.6 Å². The zero-order valence-electron chi connectivity index (χ0n) is 19.7. The molecule has 2 aromatic rings. The molecule has 2 aliphatic rings. The maximum absolute atomic E-state index is 12.1. The van der Waals surface area contributed by atoms with Crippen molar-refractivity contribution in [1.82, 2.24) is 0 Å². The predicted molar refractivity (Wildman–Crippen MR) is 123 cm³/mol. The topological polar surface area (TPSA) is 83.5 Å². The van der Waals surface area contributed by atoms with E-state index in [1.807, 2.05) is 38.1 Å². The van der Waals surface area contributed by atoms with E-state index in [9.17, 15) is 9.90 Å². The van der Waals surface area contributed by atoms with Crippen LogP contribution in [-0.4, -0.2) is 50.2 Å². The van der Waals surface area contributed by atoms with Gasteiger partial charge in [0.15, 0.2) is 0 Å². The summed E-state index contributed by atoms with van der Waals surface area (Å²) < 4.78 is 28.8. The molecule has 0 amide bonds. The number of hydrogen-bond donors (Lipinski definition) is 1. The number of methoxy groups -OCH3 is 2. The van der Waals surface area contributed by atoms with Crippen LogP contribution in [-0.2, 0) is 20.9 Å². The van der Waals surface area contributed by atoms with E-state index in [4.69, 9.17) is 23.7 Å². The fourth-order valence-corrected chi connectivity index (χ4v) is 4.41. The van der Waals surface area contributed by atoms with Crippen molar-refractivity contribution >= 4 is 5.97 Å². The number of carbonyl (C=O) groups is 1. The summed E-state index contributed by atoms with van der Waals surface area (Å²) in [5.41, 5.74) is 3.56. The maximum Gasteiger partial charge on any atom is 0.348 e. The molecule has 1 aliphatic heterocycles. The van der Waals surface area contributed by atoms with Crippen LogP contribution < -0.4 is 14.2 Å². The molecule has 1 aliphatic carbocycles. The molecule has 0 unspecified atom stereocenters. The number of carboxylic acids is 1. The molecular weight excluding hydrogens is 424 g/mol. The second-order valence-electron chi connectivity index (χ2n) is 8.75. The molecule has 1 saturated carbocycles. The van der Waals surface area contributed by atoms with Gasteiger partial charge in [-0.3, -0.25) is 0 Å². The first-order valence-electron chi connectivity index (χ1n) is 11.4. The van der Waals surface area contributed by atoms with E-state index in [0.717, 1.165) is 52.2 Å². The number of carboxylic acid groups (broad SMARTS) is 1. The van der Waals surface area contributed by atoms with E-state index in [1.54, 1.807) is 14.2 Å². The maximum atomic E-state index is 12.1. The molecule has 1 heterocycles. The monoisotopic (exact) mass is 456 g/mol. The minimum Gasteiger partial charge on any atom is -0.496 e. The van der Waals surface area contributed by atoms with E-state index >= 15 is 0 Å². The van der Waals surface area contributed by atoms with E-state index in [0.29, 0.717) is 38.4 Å². The molecule has 0 atom stereocenters. The summed E-state index contributed by atoms with van der Waals surface area (Å²) in [5.74, 6) is 1.08. The minimum atomic E-state index is -1.28. The lowest BCUT2D eigenvalue weighted by molar-refractivity contribution is -0.163. The van der Waals surface area contributed by atoms with Gasteiger partial charge in [0.2, 0.25) is 5.60 Å². The Labute approximate surface area is 194 Å². The second-order valence-corrected chi connectivity index (χ2v) is 8.75.